The summed E-state index contributed by atoms with van der Waals surface area (Å²) in [6.45, 7) is 2.70. The van der Waals surface area contributed by atoms with Crippen molar-refractivity contribution in [3.05, 3.63) is 27.7 Å². The molecule has 9 heteroatoms. The summed E-state index contributed by atoms with van der Waals surface area (Å²) in [5.41, 5.74) is 2.74. The zero-order valence-electron chi connectivity index (χ0n) is 12.0. The molecule has 1 rings (SSSR count). The van der Waals surface area contributed by atoms with Gasteiger partial charge in [-0.2, -0.15) is 13.2 Å². The molecule has 1 aromatic carbocycles. The van der Waals surface area contributed by atoms with Crippen molar-refractivity contribution in [2.24, 2.45) is 11.1 Å². The topological polar surface area (TPSA) is 72.5 Å². The minimum atomic E-state index is -4.71. The van der Waals surface area contributed by atoms with Gasteiger partial charge < -0.3 is 15.6 Å². The number of rotatable bonds is 3. The molecule has 22 heavy (non-hydrogen) atoms. The fraction of sp³-hybridized carbons (Fsp3) is 0.462. The second-order valence-electron chi connectivity index (χ2n) is 5.05. The number of esters is 1. The van der Waals surface area contributed by atoms with Gasteiger partial charge in [-0.3, -0.25) is 4.79 Å². The fourth-order valence-corrected chi connectivity index (χ4v) is 2.24. The lowest BCUT2D eigenvalue weighted by atomic mass is 9.79. The normalized spacial score (nSPS) is 13.3. The van der Waals surface area contributed by atoms with Crippen LogP contribution in [-0.4, -0.2) is 18.2 Å². The molecule has 1 aromatic rings. The molecule has 0 heterocycles. The van der Waals surface area contributed by atoms with E-state index in [1.165, 1.54) is 13.8 Å². The van der Waals surface area contributed by atoms with Crippen LogP contribution in [0.5, 0.6) is 5.75 Å². The zero-order valence-corrected chi connectivity index (χ0v) is 14.4. The molecule has 0 saturated heterocycles. The zero-order chi connectivity index (χ0) is 16.6. The summed E-state index contributed by atoms with van der Waals surface area (Å²) in [6, 6.07) is 0.463. The van der Waals surface area contributed by atoms with Gasteiger partial charge in [0.05, 0.1) is 22.6 Å². The highest BCUT2D eigenvalue weighted by Gasteiger charge is 2.44. The van der Waals surface area contributed by atoms with Crippen molar-refractivity contribution in [2.75, 3.05) is 7.11 Å². The molecule has 0 spiro atoms. The molecule has 0 aliphatic rings. The van der Waals surface area contributed by atoms with E-state index < -0.39 is 40.5 Å². The lowest BCUT2D eigenvalue weighted by Gasteiger charge is -2.31. The monoisotopic (exact) mass is 405 g/mol. The van der Waals surface area contributed by atoms with E-state index in [4.69, 9.17) is 5.73 Å². The number of phenols is 1. The van der Waals surface area contributed by atoms with Gasteiger partial charge in [-0.1, -0.05) is 0 Å². The van der Waals surface area contributed by atoms with Crippen LogP contribution in [0.2, 0.25) is 0 Å². The number of ether oxygens (including phenoxy) is 1. The number of benzene rings is 1. The molecule has 0 bridgehead atoms. The number of nitrogens with two attached hydrogens (primary N) is 1. The van der Waals surface area contributed by atoms with Crippen LogP contribution in [-0.2, 0) is 15.7 Å². The number of carbonyl (C=O) groups is 1. The Labute approximate surface area is 140 Å². The third-order valence-electron chi connectivity index (χ3n) is 3.27. The molecule has 0 aliphatic heterocycles. The summed E-state index contributed by atoms with van der Waals surface area (Å²) in [4.78, 5) is 11.7. The predicted molar refractivity (Wildman–Crippen MR) is 80.8 cm³/mol. The maximum Gasteiger partial charge on any atom is 0.416 e. The highest BCUT2D eigenvalue weighted by molar-refractivity contribution is 9.10. The summed E-state index contributed by atoms with van der Waals surface area (Å²) in [5, 5.41) is 9.95. The van der Waals surface area contributed by atoms with Crippen molar-refractivity contribution in [1.82, 2.24) is 0 Å². The summed E-state index contributed by atoms with van der Waals surface area (Å²) < 4.78 is 43.9. The van der Waals surface area contributed by atoms with E-state index in [2.05, 4.69) is 20.7 Å². The van der Waals surface area contributed by atoms with Crippen LogP contribution < -0.4 is 5.73 Å². The summed E-state index contributed by atoms with van der Waals surface area (Å²) in [7, 11) is 1.11. The smallest absolute Gasteiger partial charge is 0.416 e. The van der Waals surface area contributed by atoms with E-state index >= 15 is 0 Å². The van der Waals surface area contributed by atoms with Gasteiger partial charge in [0.2, 0.25) is 0 Å². The highest BCUT2D eigenvalue weighted by Crippen LogP contribution is 2.46. The van der Waals surface area contributed by atoms with Gasteiger partial charge in [-0.05, 0) is 41.9 Å². The van der Waals surface area contributed by atoms with Crippen LogP contribution in [0.15, 0.2) is 16.6 Å². The summed E-state index contributed by atoms with van der Waals surface area (Å²) in [5.74, 6) is -1.42. The first kappa shape index (κ1) is 21.0. The average molecular weight is 407 g/mol. The van der Waals surface area contributed by atoms with E-state index in [-0.39, 0.29) is 16.9 Å². The molecule has 0 aliphatic carbocycles. The van der Waals surface area contributed by atoms with Crippen molar-refractivity contribution in [1.29, 1.82) is 0 Å². The highest BCUT2D eigenvalue weighted by atomic mass is 79.9. The molecule has 0 unspecified atom stereocenters. The first-order chi connectivity index (χ1) is 9.44. The molecule has 3 N–H and O–H groups in total. The van der Waals surface area contributed by atoms with Crippen molar-refractivity contribution in [2.45, 2.75) is 26.1 Å². The Morgan fingerprint density at radius 3 is 2.27 bits per heavy atom. The Morgan fingerprint density at radius 2 is 1.86 bits per heavy atom. The third-order valence-corrected chi connectivity index (χ3v) is 3.91. The Morgan fingerprint density at radius 1 is 1.36 bits per heavy atom. The SMILES string of the molecule is COC(=O)C(C)(C)[C@H](N)c1c(C(F)(F)F)ccc(Br)c1O.Cl. The maximum atomic E-state index is 13.1. The van der Waals surface area contributed by atoms with Gasteiger partial charge in [-0.25, -0.2) is 0 Å². The van der Waals surface area contributed by atoms with Crippen molar-refractivity contribution >= 4 is 34.3 Å². The van der Waals surface area contributed by atoms with Crippen LogP contribution in [0.25, 0.3) is 0 Å². The van der Waals surface area contributed by atoms with Crippen LogP contribution >= 0.6 is 28.3 Å². The van der Waals surface area contributed by atoms with Crippen LogP contribution in [0.4, 0.5) is 13.2 Å². The number of carbonyl (C=O) groups excluding carboxylic acids is 1. The average Bonchev–Trinajstić information content (AvgIpc) is 2.38. The molecular formula is C13H16BrClF3NO3. The van der Waals surface area contributed by atoms with Crippen molar-refractivity contribution in [3.63, 3.8) is 0 Å². The van der Waals surface area contributed by atoms with Gasteiger partial charge in [0.1, 0.15) is 5.75 Å². The number of halogens is 5. The molecular weight excluding hydrogens is 390 g/mol. The minimum absolute atomic E-state index is 0. The Kier molecular flexibility index (Phi) is 6.74. The second kappa shape index (κ2) is 7.06. The van der Waals surface area contributed by atoms with Gasteiger partial charge in [-0.15, -0.1) is 12.4 Å². The number of hydrogen-bond donors (Lipinski definition) is 2. The largest absolute Gasteiger partial charge is 0.506 e. The molecule has 0 aromatic heterocycles. The van der Waals surface area contributed by atoms with E-state index in [0.29, 0.717) is 0 Å². The quantitative estimate of drug-likeness (QED) is 0.749. The number of phenolic OH excluding ortho intramolecular Hbond substituents is 1. The Hall–Kier alpha value is -0.990. The van der Waals surface area contributed by atoms with Crippen molar-refractivity contribution < 1.29 is 27.8 Å². The van der Waals surface area contributed by atoms with Gasteiger partial charge >= 0.3 is 12.1 Å². The number of hydrogen-bond acceptors (Lipinski definition) is 4. The van der Waals surface area contributed by atoms with Crippen LogP contribution in [0.3, 0.4) is 0 Å². The Bertz CT molecular complexity index is 564. The standard InChI is InChI=1S/C13H15BrF3NO3.ClH/c1-12(2,11(20)21-3)10(18)8-6(13(15,16)17)4-5-7(14)9(8)19;/h4-5,10,19H,18H2,1-3H3;1H/t10-;/m1./s1. The lowest BCUT2D eigenvalue weighted by molar-refractivity contribution is -0.153. The Balaban J connectivity index is 0.00000441. The third kappa shape index (κ3) is 3.85. The van der Waals surface area contributed by atoms with E-state index in [1.54, 1.807) is 0 Å². The molecule has 126 valence electrons. The maximum absolute atomic E-state index is 13.1. The minimum Gasteiger partial charge on any atom is -0.506 e. The van der Waals surface area contributed by atoms with Gasteiger partial charge in [0, 0.05) is 11.6 Å². The summed E-state index contributed by atoms with van der Waals surface area (Å²) in [6.07, 6.45) is -4.71. The molecule has 0 saturated carbocycles. The first-order valence-electron chi connectivity index (χ1n) is 5.87. The number of methoxy groups -OCH3 is 1. The van der Waals surface area contributed by atoms with Gasteiger partial charge in [0.25, 0.3) is 0 Å². The number of alkyl halides is 3. The van der Waals surface area contributed by atoms with E-state index in [0.717, 1.165) is 19.2 Å². The van der Waals surface area contributed by atoms with E-state index in [9.17, 15) is 23.1 Å². The lowest BCUT2D eigenvalue weighted by Crippen LogP contribution is -2.38. The first-order valence-corrected chi connectivity index (χ1v) is 6.66. The van der Waals surface area contributed by atoms with Crippen molar-refractivity contribution in [3.8, 4) is 5.75 Å². The molecule has 4 nitrogen and oxygen atoms in total. The predicted octanol–water partition coefficient (Wildman–Crippen LogP) is 3.79. The van der Waals surface area contributed by atoms with Crippen LogP contribution in [0.1, 0.15) is 31.0 Å². The molecule has 0 amide bonds. The molecule has 1 atom stereocenters. The second-order valence-corrected chi connectivity index (χ2v) is 5.90. The van der Waals surface area contributed by atoms with E-state index in [1.807, 2.05) is 0 Å². The number of aromatic hydroxyl groups is 1. The van der Waals surface area contributed by atoms with Gasteiger partial charge in [0.15, 0.2) is 0 Å². The molecule has 0 radical (unpaired) electrons. The summed E-state index contributed by atoms with van der Waals surface area (Å²) >= 11 is 2.95. The molecule has 0 fully saturated rings. The fourth-order valence-electron chi connectivity index (χ4n) is 1.89. The van der Waals surface area contributed by atoms with Crippen LogP contribution in [0, 0.1) is 5.41 Å².